The maximum Gasteiger partial charge on any atom is 0.339 e. The normalized spacial score (nSPS) is 10.7. The zero-order chi connectivity index (χ0) is 21.1. The van der Waals surface area contributed by atoms with Crippen molar-refractivity contribution in [3.8, 4) is 11.8 Å². The van der Waals surface area contributed by atoms with Gasteiger partial charge in [-0.05, 0) is 42.3 Å². The third kappa shape index (κ3) is 6.51. The van der Waals surface area contributed by atoms with Crippen molar-refractivity contribution >= 4 is 23.6 Å². The Hall–Kier alpha value is -3.59. The molecule has 0 saturated heterocycles. The van der Waals surface area contributed by atoms with E-state index in [4.69, 9.17) is 9.47 Å². The number of esters is 1. The molecule has 6 heteroatoms. The molecular formula is C23H24N2O4. The fourth-order valence-corrected chi connectivity index (χ4v) is 2.59. The van der Waals surface area contributed by atoms with Crippen LogP contribution in [-0.2, 0) is 9.53 Å². The van der Waals surface area contributed by atoms with E-state index < -0.39 is 11.9 Å². The predicted octanol–water partition coefficient (Wildman–Crippen LogP) is 4.59. The molecule has 0 heterocycles. The summed E-state index contributed by atoms with van der Waals surface area (Å²) in [5, 5.41) is 12.0. The van der Waals surface area contributed by atoms with Gasteiger partial charge < -0.3 is 14.8 Å². The second-order valence-electron chi connectivity index (χ2n) is 6.29. The van der Waals surface area contributed by atoms with Crippen LogP contribution in [0.25, 0.3) is 6.08 Å². The van der Waals surface area contributed by atoms with Crippen molar-refractivity contribution in [2.75, 3.05) is 19.0 Å². The number of unbranched alkanes of at least 4 members (excludes halogenated alkanes) is 2. The van der Waals surface area contributed by atoms with Crippen LogP contribution in [0.5, 0.6) is 5.75 Å². The Morgan fingerprint density at radius 1 is 1.10 bits per heavy atom. The van der Waals surface area contributed by atoms with Crippen LogP contribution >= 0.6 is 0 Å². The largest absolute Gasteiger partial charge is 0.494 e. The lowest BCUT2D eigenvalue weighted by Gasteiger charge is -2.09. The highest BCUT2D eigenvalue weighted by atomic mass is 16.5. The first-order valence-electron chi connectivity index (χ1n) is 9.42. The molecule has 0 aliphatic heterocycles. The molecule has 0 bridgehead atoms. The van der Waals surface area contributed by atoms with Crippen LogP contribution < -0.4 is 10.1 Å². The number of methoxy groups -OCH3 is 1. The number of rotatable bonds is 9. The summed E-state index contributed by atoms with van der Waals surface area (Å²) in [6, 6.07) is 15.5. The number of ether oxygens (including phenoxy) is 2. The Bertz CT molecular complexity index is 911. The minimum Gasteiger partial charge on any atom is -0.494 e. The zero-order valence-electron chi connectivity index (χ0n) is 16.6. The summed E-state index contributed by atoms with van der Waals surface area (Å²) >= 11 is 0. The highest BCUT2D eigenvalue weighted by Crippen LogP contribution is 2.19. The van der Waals surface area contributed by atoms with Crippen molar-refractivity contribution in [1.29, 1.82) is 5.26 Å². The Kier molecular flexibility index (Phi) is 8.46. The third-order valence-corrected chi connectivity index (χ3v) is 4.15. The maximum atomic E-state index is 12.5. The molecule has 2 aromatic carbocycles. The average Bonchev–Trinajstić information content (AvgIpc) is 2.75. The minimum atomic E-state index is -0.608. The summed E-state index contributed by atoms with van der Waals surface area (Å²) in [5.74, 6) is -0.435. The lowest BCUT2D eigenvalue weighted by molar-refractivity contribution is -0.112. The average molecular weight is 392 g/mol. The number of nitrogens with zero attached hydrogens (tertiary/aromatic N) is 1. The molecule has 0 aromatic heterocycles. The molecule has 0 radical (unpaired) electrons. The molecule has 0 aliphatic rings. The topological polar surface area (TPSA) is 88.4 Å². The van der Waals surface area contributed by atoms with E-state index in [0.717, 1.165) is 25.0 Å². The number of amides is 1. The highest BCUT2D eigenvalue weighted by molar-refractivity contribution is 6.11. The first-order valence-corrected chi connectivity index (χ1v) is 9.42. The van der Waals surface area contributed by atoms with E-state index in [2.05, 4.69) is 12.2 Å². The molecule has 0 atom stereocenters. The second kappa shape index (κ2) is 11.3. The van der Waals surface area contributed by atoms with Gasteiger partial charge in [0.15, 0.2) is 0 Å². The quantitative estimate of drug-likeness (QED) is 0.292. The number of carbonyl (C=O) groups excluding carboxylic acids is 2. The number of anilines is 1. The van der Waals surface area contributed by atoms with E-state index in [1.54, 1.807) is 42.5 Å². The van der Waals surface area contributed by atoms with Gasteiger partial charge >= 0.3 is 5.97 Å². The molecule has 0 spiro atoms. The fraction of sp³-hybridized carbons (Fsp3) is 0.261. The molecule has 2 rings (SSSR count). The number of nitriles is 1. The molecule has 0 saturated carbocycles. The van der Waals surface area contributed by atoms with E-state index >= 15 is 0 Å². The van der Waals surface area contributed by atoms with Gasteiger partial charge in [-0.15, -0.1) is 0 Å². The fourth-order valence-electron chi connectivity index (χ4n) is 2.59. The number of nitrogens with one attached hydrogen (secondary N) is 1. The number of para-hydroxylation sites is 1. The van der Waals surface area contributed by atoms with Gasteiger partial charge in [-0.2, -0.15) is 5.26 Å². The zero-order valence-corrected chi connectivity index (χ0v) is 16.6. The van der Waals surface area contributed by atoms with E-state index in [1.807, 2.05) is 6.07 Å². The van der Waals surface area contributed by atoms with Crippen LogP contribution in [0, 0.1) is 11.3 Å². The van der Waals surface area contributed by atoms with E-state index in [0.29, 0.717) is 12.2 Å². The van der Waals surface area contributed by atoms with Crippen molar-refractivity contribution in [1.82, 2.24) is 0 Å². The first-order chi connectivity index (χ1) is 14.1. The van der Waals surface area contributed by atoms with Crippen LogP contribution in [0.3, 0.4) is 0 Å². The molecule has 2 aromatic rings. The third-order valence-electron chi connectivity index (χ3n) is 4.15. The van der Waals surface area contributed by atoms with Crippen LogP contribution in [0.2, 0.25) is 0 Å². The summed E-state index contributed by atoms with van der Waals surface area (Å²) in [6.07, 6.45) is 4.75. The van der Waals surface area contributed by atoms with Gasteiger partial charge in [-0.1, -0.05) is 44.0 Å². The molecule has 0 aliphatic carbocycles. The Balaban J connectivity index is 2.09. The van der Waals surface area contributed by atoms with Crippen LogP contribution in [-0.4, -0.2) is 25.6 Å². The number of hydrogen-bond acceptors (Lipinski definition) is 5. The first kappa shape index (κ1) is 21.7. The van der Waals surface area contributed by atoms with Crippen molar-refractivity contribution in [3.05, 3.63) is 65.2 Å². The van der Waals surface area contributed by atoms with Crippen molar-refractivity contribution in [3.63, 3.8) is 0 Å². The summed E-state index contributed by atoms with van der Waals surface area (Å²) in [7, 11) is 1.26. The van der Waals surface area contributed by atoms with E-state index in [1.165, 1.54) is 19.3 Å². The monoisotopic (exact) mass is 392 g/mol. The standard InChI is InChI=1S/C23H24N2O4/c1-3-4-7-14-29-19-12-10-17(11-13-19)15-18(16-24)22(26)25-21-9-6-5-8-20(21)23(27)28-2/h5-6,8-13,15H,3-4,7,14H2,1-2H3,(H,25,26)/b18-15+. The van der Waals surface area contributed by atoms with E-state index in [-0.39, 0.29) is 16.8 Å². The SMILES string of the molecule is CCCCCOc1ccc(/C=C(\C#N)C(=O)Nc2ccccc2C(=O)OC)cc1. The maximum absolute atomic E-state index is 12.5. The summed E-state index contributed by atoms with van der Waals surface area (Å²) in [6.45, 7) is 2.80. The van der Waals surface area contributed by atoms with Gasteiger partial charge in [0.05, 0.1) is 25.0 Å². The minimum absolute atomic E-state index is 0.0821. The summed E-state index contributed by atoms with van der Waals surface area (Å²) in [4.78, 5) is 24.3. The van der Waals surface area contributed by atoms with Gasteiger partial charge in [0.2, 0.25) is 0 Å². The van der Waals surface area contributed by atoms with E-state index in [9.17, 15) is 14.9 Å². The van der Waals surface area contributed by atoms with Crippen LogP contribution in [0.15, 0.2) is 54.1 Å². The molecule has 0 fully saturated rings. The van der Waals surface area contributed by atoms with Gasteiger partial charge in [-0.25, -0.2) is 4.79 Å². The number of hydrogen-bond donors (Lipinski definition) is 1. The summed E-state index contributed by atoms with van der Waals surface area (Å²) < 4.78 is 10.4. The Morgan fingerprint density at radius 2 is 1.83 bits per heavy atom. The molecule has 0 unspecified atom stereocenters. The second-order valence-corrected chi connectivity index (χ2v) is 6.29. The molecule has 29 heavy (non-hydrogen) atoms. The van der Waals surface area contributed by atoms with Gasteiger partial charge in [-0.3, -0.25) is 4.79 Å². The van der Waals surface area contributed by atoms with Crippen molar-refractivity contribution in [2.24, 2.45) is 0 Å². The smallest absolute Gasteiger partial charge is 0.339 e. The number of benzene rings is 2. The van der Waals surface area contributed by atoms with Gasteiger partial charge in [0, 0.05) is 0 Å². The molecule has 1 N–H and O–H groups in total. The van der Waals surface area contributed by atoms with Crippen molar-refractivity contribution in [2.45, 2.75) is 26.2 Å². The summed E-state index contributed by atoms with van der Waals surface area (Å²) in [5.41, 5.74) is 1.10. The Labute approximate surface area is 170 Å². The lowest BCUT2D eigenvalue weighted by atomic mass is 10.1. The van der Waals surface area contributed by atoms with Crippen LogP contribution in [0.1, 0.15) is 42.1 Å². The van der Waals surface area contributed by atoms with Gasteiger partial charge in [0.1, 0.15) is 17.4 Å². The van der Waals surface area contributed by atoms with Crippen molar-refractivity contribution < 1.29 is 19.1 Å². The Morgan fingerprint density at radius 3 is 2.48 bits per heavy atom. The molecule has 6 nitrogen and oxygen atoms in total. The predicted molar refractivity (Wildman–Crippen MR) is 111 cm³/mol. The molecular weight excluding hydrogens is 368 g/mol. The van der Waals surface area contributed by atoms with Crippen LogP contribution in [0.4, 0.5) is 5.69 Å². The highest BCUT2D eigenvalue weighted by Gasteiger charge is 2.15. The van der Waals surface area contributed by atoms with Gasteiger partial charge in [0.25, 0.3) is 5.91 Å². The molecule has 150 valence electrons. The lowest BCUT2D eigenvalue weighted by Crippen LogP contribution is -2.16. The molecule has 1 amide bonds. The number of carbonyl (C=O) groups is 2.